The van der Waals surface area contributed by atoms with Crippen LogP contribution in [-0.2, 0) is 14.2 Å². The number of carbonyl (C=O) groups is 2. The summed E-state index contributed by atoms with van der Waals surface area (Å²) in [6.45, 7) is 1.12. The van der Waals surface area contributed by atoms with E-state index in [0.29, 0.717) is 0 Å². The van der Waals surface area contributed by atoms with E-state index in [1.807, 2.05) is 0 Å². The van der Waals surface area contributed by atoms with Crippen LogP contribution < -0.4 is 5.32 Å². The Morgan fingerprint density at radius 1 is 1.67 bits per heavy atom. The molecule has 4 nitrogen and oxygen atoms in total. The van der Waals surface area contributed by atoms with Gasteiger partial charge in [-0.1, -0.05) is 0 Å². The van der Waals surface area contributed by atoms with Crippen LogP contribution in [0.2, 0.25) is 0 Å². The molecule has 0 heterocycles. The van der Waals surface area contributed by atoms with Crippen molar-refractivity contribution in [2.45, 2.75) is 6.92 Å². The van der Waals surface area contributed by atoms with Gasteiger partial charge in [0.2, 0.25) is 5.91 Å². The quantitative estimate of drug-likeness (QED) is 0.471. The highest BCUT2D eigenvalue weighted by atomic mass is 16.5. The van der Waals surface area contributed by atoms with Gasteiger partial charge in [0.05, 0.1) is 0 Å². The maximum Gasteiger partial charge on any atom is 0.378 e. The van der Waals surface area contributed by atoms with E-state index < -0.39 is 5.97 Å². The maximum atomic E-state index is 10.2. The predicted molar refractivity (Wildman–Crippen MR) is 30.5 cm³/mol. The van der Waals surface area contributed by atoms with Crippen molar-refractivity contribution in [1.29, 1.82) is 0 Å². The van der Waals surface area contributed by atoms with Gasteiger partial charge in [-0.25, -0.2) is 0 Å². The van der Waals surface area contributed by atoms with Gasteiger partial charge in [0.25, 0.3) is 0 Å². The average molecular weight is 127 g/mol. The number of hydrogen-bond acceptors (Lipinski definition) is 3. The van der Waals surface area contributed by atoms with Crippen LogP contribution >= 0.6 is 0 Å². The Kier molecular flexibility index (Phi) is 3.51. The van der Waals surface area contributed by atoms with Crippen LogP contribution in [0.3, 0.4) is 0 Å². The lowest BCUT2D eigenvalue weighted by molar-refractivity contribution is -0.134. The zero-order valence-corrected chi connectivity index (χ0v) is 5.01. The first kappa shape index (κ1) is 8.00. The van der Waals surface area contributed by atoms with E-state index in [1.54, 1.807) is 0 Å². The minimum absolute atomic E-state index is 0.175. The van der Waals surface area contributed by atoms with E-state index in [2.05, 4.69) is 18.0 Å². The van der Waals surface area contributed by atoms with Crippen LogP contribution in [0.4, 0.5) is 0 Å². The van der Waals surface area contributed by atoms with Crippen molar-refractivity contribution in [3.63, 3.8) is 0 Å². The van der Waals surface area contributed by atoms with Crippen LogP contribution in [0.15, 0.2) is 0 Å². The van der Waals surface area contributed by atoms with Crippen LogP contribution in [0.5, 0.6) is 0 Å². The first-order valence-electron chi connectivity index (χ1n) is 2.31. The first-order chi connectivity index (χ1) is 4.16. The van der Waals surface area contributed by atoms with E-state index in [4.69, 9.17) is 0 Å². The van der Waals surface area contributed by atoms with Crippen molar-refractivity contribution < 1.29 is 14.2 Å². The minimum atomic E-state index is -0.662. The fourth-order valence-corrected chi connectivity index (χ4v) is 0.238. The monoisotopic (exact) mass is 127 g/mol. The summed E-state index contributed by atoms with van der Waals surface area (Å²) in [5.74, 6) is -0.953. The third-order valence-electron chi connectivity index (χ3n) is 0.613. The summed E-state index contributed by atoms with van der Waals surface area (Å²) in [6, 6.07) is 0. The maximum absolute atomic E-state index is 10.2. The molecule has 0 fully saturated rings. The average Bonchev–Trinajstić information content (AvgIpc) is 1.83. The van der Waals surface area contributed by atoms with E-state index in [0.717, 1.165) is 0 Å². The molecule has 0 bridgehead atoms. The molecule has 0 aliphatic carbocycles. The molecule has 1 N–H and O–H groups in total. The molecule has 2 radical (unpaired) electrons. The van der Waals surface area contributed by atoms with Gasteiger partial charge >= 0.3 is 14.0 Å². The summed E-state index contributed by atoms with van der Waals surface area (Å²) in [4.78, 5) is 20.3. The Bertz CT molecular complexity index is 125. The lowest BCUT2D eigenvalue weighted by Crippen LogP contribution is -2.27. The van der Waals surface area contributed by atoms with E-state index in [9.17, 15) is 9.59 Å². The van der Waals surface area contributed by atoms with Gasteiger partial charge in [-0.05, 0) is 0 Å². The number of hydrogen-bond donors (Lipinski definition) is 1. The largest absolute Gasteiger partial charge is 0.542 e. The molecule has 9 heavy (non-hydrogen) atoms. The summed E-state index contributed by atoms with van der Waals surface area (Å²) in [7, 11) is 4.46. The fourth-order valence-electron chi connectivity index (χ4n) is 0.238. The van der Waals surface area contributed by atoms with E-state index in [1.165, 1.54) is 6.92 Å². The molecule has 0 atom stereocenters. The second-order valence-corrected chi connectivity index (χ2v) is 1.40. The van der Waals surface area contributed by atoms with Gasteiger partial charge in [0.15, 0.2) is 0 Å². The number of carbonyl (C=O) groups excluding carboxylic acids is 2. The van der Waals surface area contributed by atoms with Crippen LogP contribution in [-0.4, -0.2) is 26.5 Å². The molecule has 0 spiro atoms. The zero-order valence-electron chi connectivity index (χ0n) is 5.01. The third-order valence-corrected chi connectivity index (χ3v) is 0.613. The van der Waals surface area contributed by atoms with Crippen LogP contribution in [0, 0.1) is 0 Å². The highest BCUT2D eigenvalue weighted by Crippen LogP contribution is 1.67. The Morgan fingerprint density at radius 3 is 2.56 bits per heavy atom. The first-order valence-corrected chi connectivity index (χ1v) is 2.31. The normalized spacial score (nSPS) is 8.11. The number of nitrogens with one attached hydrogen (secondary N) is 1. The molecule has 0 unspecified atom stereocenters. The lowest BCUT2D eigenvalue weighted by atomic mass is 10.5. The number of rotatable bonds is 2. The predicted octanol–water partition coefficient (Wildman–Crippen LogP) is -1.25. The van der Waals surface area contributed by atoms with Crippen molar-refractivity contribution in [1.82, 2.24) is 5.32 Å². The Labute approximate surface area is 54.0 Å². The van der Waals surface area contributed by atoms with E-state index in [-0.39, 0.29) is 12.5 Å². The number of amides is 1. The second-order valence-electron chi connectivity index (χ2n) is 1.40. The molecule has 1 amide bonds. The molecule has 0 aromatic rings. The highest BCUT2D eigenvalue weighted by molar-refractivity contribution is 6.05. The molecule has 0 aromatic heterocycles. The zero-order chi connectivity index (χ0) is 7.28. The molecule has 5 heteroatoms. The Balaban J connectivity index is 3.28. The van der Waals surface area contributed by atoms with Gasteiger partial charge in [-0.3, -0.25) is 9.59 Å². The van der Waals surface area contributed by atoms with Gasteiger partial charge in [0.1, 0.15) is 6.54 Å². The molecular formula is C4H6BNO3. The topological polar surface area (TPSA) is 55.4 Å². The van der Waals surface area contributed by atoms with E-state index >= 15 is 0 Å². The standard InChI is InChI=1S/C4H6BNO3/c1-3(7)6-2-4(8)9-5/h2H2,1H3,(H,6,7). The molecule has 0 aliphatic rings. The molecule has 48 valence electrons. The van der Waals surface area contributed by atoms with Gasteiger partial charge in [-0.2, -0.15) is 0 Å². The van der Waals surface area contributed by atoms with Crippen molar-refractivity contribution in [2.24, 2.45) is 0 Å². The molecule has 0 aliphatic heterocycles. The second kappa shape index (κ2) is 3.94. The molecule has 0 saturated carbocycles. The van der Waals surface area contributed by atoms with Crippen molar-refractivity contribution >= 4 is 19.9 Å². The molecule has 0 saturated heterocycles. The van der Waals surface area contributed by atoms with Gasteiger partial charge in [0, 0.05) is 6.92 Å². The third kappa shape index (κ3) is 4.87. The summed E-state index contributed by atoms with van der Waals surface area (Å²) < 4.78 is 3.75. The minimum Gasteiger partial charge on any atom is -0.542 e. The van der Waals surface area contributed by atoms with Gasteiger partial charge in [-0.15, -0.1) is 0 Å². The lowest BCUT2D eigenvalue weighted by Gasteiger charge is -1.98. The Hall–Kier alpha value is -0.995. The van der Waals surface area contributed by atoms with Gasteiger partial charge < -0.3 is 9.97 Å². The van der Waals surface area contributed by atoms with Crippen molar-refractivity contribution in [3.8, 4) is 0 Å². The van der Waals surface area contributed by atoms with Crippen molar-refractivity contribution in [2.75, 3.05) is 6.54 Å². The summed E-state index contributed by atoms with van der Waals surface area (Å²) in [6.07, 6.45) is 0. The molecule has 0 aromatic carbocycles. The molecular weight excluding hydrogens is 121 g/mol. The summed E-state index contributed by atoms with van der Waals surface area (Å²) in [5, 5.41) is 2.20. The molecule has 0 rings (SSSR count). The highest BCUT2D eigenvalue weighted by Gasteiger charge is 1.97. The van der Waals surface area contributed by atoms with Crippen molar-refractivity contribution in [3.05, 3.63) is 0 Å². The Morgan fingerprint density at radius 2 is 2.22 bits per heavy atom. The SMILES string of the molecule is [B]OC(=O)CNC(C)=O. The summed E-state index contributed by atoms with van der Waals surface area (Å²) >= 11 is 0. The van der Waals surface area contributed by atoms with Crippen LogP contribution in [0.1, 0.15) is 6.92 Å². The van der Waals surface area contributed by atoms with Crippen LogP contribution in [0.25, 0.3) is 0 Å². The fraction of sp³-hybridized carbons (Fsp3) is 0.500. The summed E-state index contributed by atoms with van der Waals surface area (Å²) in [5.41, 5.74) is 0. The smallest absolute Gasteiger partial charge is 0.378 e.